The molecule has 0 aromatic heterocycles. The van der Waals surface area contributed by atoms with Gasteiger partial charge in [-0.1, -0.05) is 6.92 Å². The van der Waals surface area contributed by atoms with Crippen LogP contribution in [0, 0.1) is 0 Å². The molecule has 0 saturated carbocycles. The number of hydrogen-bond acceptors (Lipinski definition) is 4. The van der Waals surface area contributed by atoms with Gasteiger partial charge in [0.25, 0.3) is 0 Å². The molecule has 1 aliphatic rings. The third kappa shape index (κ3) is 4.92. The minimum Gasteiger partial charge on any atom is -0.480 e. The Bertz CT molecular complexity index is 204. The maximum Gasteiger partial charge on any atom is 0.320 e. The average molecular weight is 231 g/mol. The number of rotatable bonds is 7. The average Bonchev–Trinajstić information content (AvgIpc) is 2.29. The fraction of sp³-hybridized carbons (Fsp3) is 0.909. The van der Waals surface area contributed by atoms with Gasteiger partial charge in [-0.15, -0.1) is 0 Å². The van der Waals surface area contributed by atoms with E-state index in [2.05, 4.69) is 5.32 Å². The van der Waals surface area contributed by atoms with Gasteiger partial charge in [0.1, 0.15) is 6.04 Å². The van der Waals surface area contributed by atoms with Crippen LogP contribution in [0.2, 0.25) is 0 Å². The van der Waals surface area contributed by atoms with Crippen molar-refractivity contribution in [2.24, 2.45) is 0 Å². The predicted molar refractivity (Wildman–Crippen MR) is 59.5 cm³/mol. The highest BCUT2D eigenvalue weighted by atomic mass is 16.5. The monoisotopic (exact) mass is 231 g/mol. The zero-order valence-electron chi connectivity index (χ0n) is 9.78. The molecular weight excluding hydrogens is 210 g/mol. The Morgan fingerprint density at radius 3 is 2.81 bits per heavy atom. The minimum atomic E-state index is -0.808. The van der Waals surface area contributed by atoms with Crippen molar-refractivity contribution in [1.82, 2.24) is 5.32 Å². The van der Waals surface area contributed by atoms with Crippen LogP contribution < -0.4 is 5.32 Å². The molecule has 0 aliphatic carbocycles. The molecule has 1 aliphatic heterocycles. The van der Waals surface area contributed by atoms with E-state index in [1.807, 2.05) is 6.92 Å². The Morgan fingerprint density at radius 1 is 1.56 bits per heavy atom. The Morgan fingerprint density at radius 2 is 2.25 bits per heavy atom. The summed E-state index contributed by atoms with van der Waals surface area (Å²) in [5.41, 5.74) is 0. The van der Waals surface area contributed by atoms with E-state index in [4.69, 9.17) is 14.6 Å². The summed E-state index contributed by atoms with van der Waals surface area (Å²) in [6, 6.07) is -0.496. The molecule has 1 heterocycles. The van der Waals surface area contributed by atoms with Gasteiger partial charge in [0.2, 0.25) is 0 Å². The lowest BCUT2D eigenvalue weighted by Crippen LogP contribution is -2.38. The van der Waals surface area contributed by atoms with E-state index in [1.54, 1.807) is 0 Å². The molecule has 0 aromatic carbocycles. The second-order valence-electron chi connectivity index (χ2n) is 3.92. The standard InChI is InChI=1S/C11H21NO4/c1-2-12-10(11(13)14)5-8-16-9-3-6-15-7-4-9/h9-10,12H,2-8H2,1H3,(H,13,14). The lowest BCUT2D eigenvalue weighted by molar-refractivity contribution is -0.140. The lowest BCUT2D eigenvalue weighted by Gasteiger charge is -2.23. The molecule has 2 N–H and O–H groups in total. The van der Waals surface area contributed by atoms with Crippen molar-refractivity contribution in [3.63, 3.8) is 0 Å². The fourth-order valence-electron chi connectivity index (χ4n) is 1.75. The van der Waals surface area contributed by atoms with Gasteiger partial charge >= 0.3 is 5.97 Å². The number of ether oxygens (including phenoxy) is 2. The first-order valence-electron chi connectivity index (χ1n) is 5.89. The predicted octanol–water partition coefficient (Wildman–Crippen LogP) is 0.635. The van der Waals surface area contributed by atoms with Crippen LogP contribution in [0.25, 0.3) is 0 Å². The van der Waals surface area contributed by atoms with Crippen LogP contribution in [-0.4, -0.2) is 49.6 Å². The summed E-state index contributed by atoms with van der Waals surface area (Å²) in [5.74, 6) is -0.808. The highest BCUT2D eigenvalue weighted by Gasteiger charge is 2.18. The van der Waals surface area contributed by atoms with Crippen LogP contribution in [-0.2, 0) is 14.3 Å². The van der Waals surface area contributed by atoms with Crippen molar-refractivity contribution < 1.29 is 19.4 Å². The molecule has 1 unspecified atom stereocenters. The van der Waals surface area contributed by atoms with Crippen molar-refractivity contribution in [2.75, 3.05) is 26.4 Å². The third-order valence-electron chi connectivity index (χ3n) is 2.68. The van der Waals surface area contributed by atoms with Crippen LogP contribution in [0.1, 0.15) is 26.2 Å². The van der Waals surface area contributed by atoms with Crippen LogP contribution >= 0.6 is 0 Å². The Balaban J connectivity index is 2.13. The number of nitrogens with one attached hydrogen (secondary N) is 1. The summed E-state index contributed by atoms with van der Waals surface area (Å²) in [4.78, 5) is 10.8. The molecule has 0 bridgehead atoms. The van der Waals surface area contributed by atoms with Gasteiger partial charge in [0, 0.05) is 19.8 Å². The van der Waals surface area contributed by atoms with E-state index in [9.17, 15) is 4.79 Å². The number of carbonyl (C=O) groups is 1. The number of likely N-dealkylation sites (N-methyl/N-ethyl adjacent to an activating group) is 1. The first-order chi connectivity index (χ1) is 7.74. The zero-order valence-corrected chi connectivity index (χ0v) is 9.78. The molecular formula is C11H21NO4. The summed E-state index contributed by atoms with van der Waals surface area (Å²) in [5, 5.41) is 11.8. The molecule has 0 radical (unpaired) electrons. The van der Waals surface area contributed by atoms with E-state index in [0.29, 0.717) is 19.6 Å². The molecule has 16 heavy (non-hydrogen) atoms. The van der Waals surface area contributed by atoms with Crippen molar-refractivity contribution >= 4 is 5.97 Å². The van der Waals surface area contributed by atoms with Crippen molar-refractivity contribution in [3.8, 4) is 0 Å². The van der Waals surface area contributed by atoms with Crippen LogP contribution in [0.4, 0.5) is 0 Å². The summed E-state index contributed by atoms with van der Waals surface area (Å²) in [6.07, 6.45) is 2.59. The Labute approximate surface area is 96.1 Å². The maximum atomic E-state index is 10.8. The molecule has 0 aromatic rings. The van der Waals surface area contributed by atoms with E-state index in [0.717, 1.165) is 26.1 Å². The largest absolute Gasteiger partial charge is 0.480 e. The minimum absolute atomic E-state index is 0.241. The first-order valence-corrected chi connectivity index (χ1v) is 5.89. The second kappa shape index (κ2) is 7.60. The smallest absolute Gasteiger partial charge is 0.320 e. The fourth-order valence-corrected chi connectivity index (χ4v) is 1.75. The van der Waals surface area contributed by atoms with Crippen LogP contribution in [0.3, 0.4) is 0 Å². The summed E-state index contributed by atoms with van der Waals surface area (Å²) >= 11 is 0. The summed E-state index contributed by atoms with van der Waals surface area (Å²) in [6.45, 7) is 4.55. The van der Waals surface area contributed by atoms with E-state index in [-0.39, 0.29) is 6.10 Å². The van der Waals surface area contributed by atoms with E-state index in [1.165, 1.54) is 0 Å². The van der Waals surface area contributed by atoms with Gasteiger partial charge < -0.3 is 19.9 Å². The highest BCUT2D eigenvalue weighted by Crippen LogP contribution is 2.11. The molecule has 1 rings (SSSR count). The Hall–Kier alpha value is -0.650. The second-order valence-corrected chi connectivity index (χ2v) is 3.92. The van der Waals surface area contributed by atoms with Crippen LogP contribution in [0.5, 0.6) is 0 Å². The molecule has 0 spiro atoms. The van der Waals surface area contributed by atoms with Gasteiger partial charge in [-0.05, 0) is 25.8 Å². The van der Waals surface area contributed by atoms with Crippen molar-refractivity contribution in [3.05, 3.63) is 0 Å². The summed E-state index contributed by atoms with van der Waals surface area (Å²) < 4.78 is 10.8. The normalized spacial score (nSPS) is 19.6. The van der Waals surface area contributed by atoms with Gasteiger partial charge in [-0.3, -0.25) is 4.79 Å². The molecule has 1 fully saturated rings. The molecule has 5 nitrogen and oxygen atoms in total. The van der Waals surface area contributed by atoms with Gasteiger partial charge in [-0.2, -0.15) is 0 Å². The lowest BCUT2D eigenvalue weighted by atomic mass is 10.1. The van der Waals surface area contributed by atoms with E-state index < -0.39 is 12.0 Å². The van der Waals surface area contributed by atoms with E-state index >= 15 is 0 Å². The highest BCUT2D eigenvalue weighted by molar-refractivity contribution is 5.73. The van der Waals surface area contributed by atoms with Crippen molar-refractivity contribution in [2.45, 2.75) is 38.3 Å². The first kappa shape index (κ1) is 13.4. The quantitative estimate of drug-likeness (QED) is 0.673. The maximum absolute atomic E-state index is 10.8. The van der Waals surface area contributed by atoms with Crippen LogP contribution in [0.15, 0.2) is 0 Å². The zero-order chi connectivity index (χ0) is 11.8. The number of hydrogen-bond donors (Lipinski definition) is 2. The SMILES string of the molecule is CCNC(CCOC1CCOCC1)C(=O)O. The Kier molecular flexibility index (Phi) is 6.37. The topological polar surface area (TPSA) is 67.8 Å². The third-order valence-corrected chi connectivity index (χ3v) is 2.68. The molecule has 1 saturated heterocycles. The molecule has 94 valence electrons. The van der Waals surface area contributed by atoms with Crippen molar-refractivity contribution in [1.29, 1.82) is 0 Å². The number of aliphatic carboxylic acids is 1. The number of carboxylic acids is 1. The molecule has 0 amide bonds. The number of carboxylic acid groups (broad SMARTS) is 1. The van der Waals surface area contributed by atoms with Gasteiger partial charge in [0.05, 0.1) is 6.10 Å². The molecule has 5 heteroatoms. The molecule has 1 atom stereocenters. The van der Waals surface area contributed by atoms with Gasteiger partial charge in [-0.25, -0.2) is 0 Å². The van der Waals surface area contributed by atoms with Gasteiger partial charge in [0.15, 0.2) is 0 Å². The summed E-state index contributed by atoms with van der Waals surface area (Å²) in [7, 11) is 0.